The van der Waals surface area contributed by atoms with Crippen LogP contribution in [0.15, 0.2) is 23.1 Å². The van der Waals surface area contributed by atoms with Crippen LogP contribution in [0.4, 0.5) is 0 Å². The smallest absolute Gasteiger partial charge is 0.345 e. The Bertz CT molecular complexity index is 935. The summed E-state index contributed by atoms with van der Waals surface area (Å²) in [7, 11) is 0. The van der Waals surface area contributed by atoms with Crippen molar-refractivity contribution < 1.29 is 19.4 Å². The van der Waals surface area contributed by atoms with Crippen molar-refractivity contribution in [3.8, 4) is 0 Å². The Hall–Kier alpha value is -2.70. The molecule has 2 rings (SSSR count). The van der Waals surface area contributed by atoms with E-state index in [4.69, 9.17) is 4.74 Å². The SMILES string of the molecule is CCCCCCCCCC(OC(=O)c1cn(CC)c2nc(C)ccc2c1=O)C(=O)O. The first-order chi connectivity index (χ1) is 14.4. The van der Waals surface area contributed by atoms with Crippen LogP contribution in [0.5, 0.6) is 0 Å². The van der Waals surface area contributed by atoms with Crippen LogP contribution in [0.25, 0.3) is 11.0 Å². The molecular formula is C23H32N2O5. The number of hydrogen-bond donors (Lipinski definition) is 1. The van der Waals surface area contributed by atoms with Crippen molar-refractivity contribution in [2.45, 2.75) is 84.8 Å². The van der Waals surface area contributed by atoms with E-state index < -0.39 is 23.5 Å². The number of carboxylic acids is 1. The number of nitrogens with zero attached hydrogens (tertiary/aromatic N) is 2. The Morgan fingerprint density at radius 1 is 1.10 bits per heavy atom. The molecule has 30 heavy (non-hydrogen) atoms. The summed E-state index contributed by atoms with van der Waals surface area (Å²) in [6.07, 6.45) is 7.71. The number of carboxylic acid groups (broad SMARTS) is 1. The minimum atomic E-state index is -1.26. The topological polar surface area (TPSA) is 98.5 Å². The fourth-order valence-corrected chi connectivity index (χ4v) is 3.46. The van der Waals surface area contributed by atoms with Gasteiger partial charge in [0.25, 0.3) is 0 Å². The highest BCUT2D eigenvalue weighted by Crippen LogP contribution is 2.15. The first-order valence-corrected chi connectivity index (χ1v) is 10.8. The van der Waals surface area contributed by atoms with E-state index in [0.29, 0.717) is 24.0 Å². The molecule has 0 bridgehead atoms. The predicted octanol–water partition coefficient (Wildman–Crippen LogP) is 4.48. The third kappa shape index (κ3) is 6.15. The Morgan fingerprint density at radius 3 is 2.40 bits per heavy atom. The quantitative estimate of drug-likeness (QED) is 0.405. The molecule has 2 aromatic heterocycles. The van der Waals surface area contributed by atoms with Crippen molar-refractivity contribution in [1.82, 2.24) is 9.55 Å². The van der Waals surface area contributed by atoms with Gasteiger partial charge in [-0.05, 0) is 38.8 Å². The van der Waals surface area contributed by atoms with Crippen LogP contribution in [-0.2, 0) is 16.1 Å². The molecule has 1 N–H and O–H groups in total. The normalized spacial score (nSPS) is 12.1. The third-order valence-electron chi connectivity index (χ3n) is 5.22. The van der Waals surface area contributed by atoms with Crippen molar-refractivity contribution in [2.75, 3.05) is 0 Å². The minimum Gasteiger partial charge on any atom is -0.479 e. The second kappa shape index (κ2) is 11.5. The number of pyridine rings is 2. The van der Waals surface area contributed by atoms with Gasteiger partial charge in [0.1, 0.15) is 11.2 Å². The molecule has 0 spiro atoms. The van der Waals surface area contributed by atoms with Crippen molar-refractivity contribution in [2.24, 2.45) is 0 Å². The van der Waals surface area contributed by atoms with Gasteiger partial charge in [0.05, 0.1) is 5.39 Å². The summed E-state index contributed by atoms with van der Waals surface area (Å²) in [6.45, 7) is 6.37. The number of unbranched alkanes of at least 4 members (excludes halogenated alkanes) is 6. The van der Waals surface area contributed by atoms with Gasteiger partial charge in [0.2, 0.25) is 5.43 Å². The zero-order chi connectivity index (χ0) is 22.1. The van der Waals surface area contributed by atoms with E-state index in [-0.39, 0.29) is 12.0 Å². The van der Waals surface area contributed by atoms with E-state index in [0.717, 1.165) is 25.0 Å². The zero-order valence-corrected chi connectivity index (χ0v) is 18.1. The average molecular weight is 417 g/mol. The predicted molar refractivity (Wildman–Crippen MR) is 116 cm³/mol. The Labute approximate surface area is 177 Å². The van der Waals surface area contributed by atoms with E-state index in [2.05, 4.69) is 11.9 Å². The van der Waals surface area contributed by atoms with Gasteiger partial charge in [0.15, 0.2) is 6.10 Å². The maximum Gasteiger partial charge on any atom is 0.345 e. The summed E-state index contributed by atoms with van der Waals surface area (Å²) in [5.74, 6) is -2.09. The molecule has 1 unspecified atom stereocenters. The van der Waals surface area contributed by atoms with E-state index in [1.165, 1.54) is 25.5 Å². The van der Waals surface area contributed by atoms with Gasteiger partial charge >= 0.3 is 11.9 Å². The molecule has 2 heterocycles. The number of ether oxygens (including phenoxy) is 1. The van der Waals surface area contributed by atoms with Crippen molar-refractivity contribution >= 4 is 23.0 Å². The minimum absolute atomic E-state index is 0.166. The molecule has 2 aromatic rings. The molecule has 0 amide bonds. The van der Waals surface area contributed by atoms with E-state index in [1.807, 2.05) is 13.8 Å². The van der Waals surface area contributed by atoms with Crippen LogP contribution in [-0.4, -0.2) is 32.7 Å². The molecule has 164 valence electrons. The molecule has 0 saturated carbocycles. The molecule has 0 aliphatic rings. The lowest BCUT2D eigenvalue weighted by Crippen LogP contribution is -2.30. The molecule has 0 radical (unpaired) electrons. The third-order valence-corrected chi connectivity index (χ3v) is 5.22. The van der Waals surface area contributed by atoms with Gasteiger partial charge in [-0.15, -0.1) is 0 Å². The lowest BCUT2D eigenvalue weighted by atomic mass is 10.1. The second-order valence-electron chi connectivity index (χ2n) is 7.62. The van der Waals surface area contributed by atoms with Crippen LogP contribution < -0.4 is 5.43 Å². The molecule has 0 aliphatic carbocycles. The van der Waals surface area contributed by atoms with E-state index >= 15 is 0 Å². The standard InChI is InChI=1S/C23H32N2O5/c1-4-6-7-8-9-10-11-12-19(22(27)28)30-23(29)18-15-25(5-2)21-17(20(18)26)14-13-16(3)24-21/h13-15,19H,4-12H2,1-3H3,(H,27,28). The van der Waals surface area contributed by atoms with Gasteiger partial charge in [-0.3, -0.25) is 4.79 Å². The van der Waals surface area contributed by atoms with E-state index in [1.54, 1.807) is 16.7 Å². The van der Waals surface area contributed by atoms with Gasteiger partial charge < -0.3 is 14.4 Å². The Morgan fingerprint density at radius 2 is 1.77 bits per heavy atom. The number of aryl methyl sites for hydroxylation is 2. The second-order valence-corrected chi connectivity index (χ2v) is 7.62. The van der Waals surface area contributed by atoms with Crippen LogP contribution in [0.3, 0.4) is 0 Å². The number of carbonyl (C=O) groups is 2. The summed E-state index contributed by atoms with van der Waals surface area (Å²) >= 11 is 0. The monoisotopic (exact) mass is 416 g/mol. The molecular weight excluding hydrogens is 384 g/mol. The summed E-state index contributed by atoms with van der Waals surface area (Å²) < 4.78 is 6.92. The van der Waals surface area contributed by atoms with Gasteiger partial charge in [-0.2, -0.15) is 0 Å². The van der Waals surface area contributed by atoms with Crippen LogP contribution in [0.1, 0.15) is 81.3 Å². The number of carbonyl (C=O) groups excluding carboxylic acids is 1. The fraction of sp³-hybridized carbons (Fsp3) is 0.565. The average Bonchev–Trinajstić information content (AvgIpc) is 2.72. The summed E-state index contributed by atoms with van der Waals surface area (Å²) in [5, 5.41) is 9.76. The van der Waals surface area contributed by atoms with Crippen molar-refractivity contribution in [3.05, 3.63) is 39.8 Å². The Kier molecular flexibility index (Phi) is 9.02. The van der Waals surface area contributed by atoms with Crippen LogP contribution in [0.2, 0.25) is 0 Å². The molecule has 0 aliphatic heterocycles. The highest BCUT2D eigenvalue weighted by Gasteiger charge is 2.25. The number of fused-ring (bicyclic) bond motifs is 1. The molecule has 0 saturated heterocycles. The summed E-state index contributed by atoms with van der Waals surface area (Å²) in [4.78, 5) is 41.4. The number of aliphatic carboxylic acids is 1. The molecule has 0 fully saturated rings. The number of esters is 1. The van der Waals surface area contributed by atoms with Gasteiger partial charge in [0, 0.05) is 18.4 Å². The Balaban J connectivity index is 2.10. The lowest BCUT2D eigenvalue weighted by molar-refractivity contribution is -0.147. The highest BCUT2D eigenvalue weighted by atomic mass is 16.6. The number of hydrogen-bond acceptors (Lipinski definition) is 5. The summed E-state index contributed by atoms with van der Waals surface area (Å²) in [6, 6.07) is 3.34. The molecule has 1 atom stereocenters. The van der Waals surface area contributed by atoms with Gasteiger partial charge in [-0.25, -0.2) is 14.6 Å². The largest absolute Gasteiger partial charge is 0.479 e. The first kappa shape index (κ1) is 23.6. The highest BCUT2D eigenvalue weighted by molar-refractivity contribution is 5.94. The molecule has 7 heteroatoms. The molecule has 0 aromatic carbocycles. The summed E-state index contributed by atoms with van der Waals surface area (Å²) in [5.41, 5.74) is 0.602. The first-order valence-electron chi connectivity index (χ1n) is 10.8. The van der Waals surface area contributed by atoms with E-state index in [9.17, 15) is 19.5 Å². The van der Waals surface area contributed by atoms with Crippen molar-refractivity contribution in [3.63, 3.8) is 0 Å². The van der Waals surface area contributed by atoms with Crippen LogP contribution in [0, 0.1) is 6.92 Å². The molecule has 7 nitrogen and oxygen atoms in total. The zero-order valence-electron chi connectivity index (χ0n) is 18.1. The van der Waals surface area contributed by atoms with Crippen molar-refractivity contribution in [1.29, 1.82) is 0 Å². The van der Waals surface area contributed by atoms with Crippen LogP contribution >= 0.6 is 0 Å². The maximum absolute atomic E-state index is 12.8. The number of aromatic nitrogens is 2. The number of rotatable bonds is 12. The van der Waals surface area contributed by atoms with Gasteiger partial charge in [-0.1, -0.05) is 45.4 Å². The fourth-order valence-electron chi connectivity index (χ4n) is 3.46. The lowest BCUT2D eigenvalue weighted by Gasteiger charge is -2.15. The maximum atomic E-state index is 12.8.